The zero-order valence-electron chi connectivity index (χ0n) is 11.6. The van der Waals surface area contributed by atoms with E-state index in [1.165, 1.54) is 10.5 Å². The Labute approximate surface area is 127 Å². The second-order valence-corrected chi connectivity index (χ2v) is 5.37. The molecular weight excluding hydrogens is 282 g/mol. The SMILES string of the molecule is CSc1ccc(CNc2nc(-c3ccccc3)no2)cc1. The molecule has 0 saturated heterocycles. The van der Waals surface area contributed by atoms with Gasteiger partial charge in [-0.3, -0.25) is 0 Å². The molecule has 2 aromatic carbocycles. The van der Waals surface area contributed by atoms with E-state index in [1.54, 1.807) is 11.8 Å². The number of anilines is 1. The van der Waals surface area contributed by atoms with E-state index in [0.29, 0.717) is 18.4 Å². The largest absolute Gasteiger partial charge is 0.334 e. The highest BCUT2D eigenvalue weighted by atomic mass is 32.2. The van der Waals surface area contributed by atoms with Gasteiger partial charge in [-0.05, 0) is 24.0 Å². The van der Waals surface area contributed by atoms with Crippen LogP contribution in [0.4, 0.5) is 6.01 Å². The van der Waals surface area contributed by atoms with Gasteiger partial charge in [-0.15, -0.1) is 11.8 Å². The molecule has 4 nitrogen and oxygen atoms in total. The number of nitrogens with zero attached hydrogens (tertiary/aromatic N) is 2. The van der Waals surface area contributed by atoms with Crippen LogP contribution in [0.2, 0.25) is 0 Å². The predicted molar refractivity (Wildman–Crippen MR) is 85.3 cm³/mol. The molecule has 1 aromatic heterocycles. The molecule has 3 aromatic rings. The van der Waals surface area contributed by atoms with Crippen LogP contribution in [-0.4, -0.2) is 16.4 Å². The van der Waals surface area contributed by atoms with E-state index in [4.69, 9.17) is 4.52 Å². The summed E-state index contributed by atoms with van der Waals surface area (Å²) in [6.45, 7) is 0.658. The van der Waals surface area contributed by atoms with Crippen LogP contribution in [0.25, 0.3) is 11.4 Å². The van der Waals surface area contributed by atoms with E-state index < -0.39 is 0 Å². The minimum Gasteiger partial charge on any atom is -0.334 e. The van der Waals surface area contributed by atoms with Crippen molar-refractivity contribution < 1.29 is 4.52 Å². The monoisotopic (exact) mass is 297 g/mol. The Hall–Kier alpha value is -2.27. The summed E-state index contributed by atoms with van der Waals surface area (Å²) in [5.74, 6) is 0.593. The quantitative estimate of drug-likeness (QED) is 0.719. The van der Waals surface area contributed by atoms with E-state index in [-0.39, 0.29) is 0 Å². The number of rotatable bonds is 5. The summed E-state index contributed by atoms with van der Waals surface area (Å²) in [5.41, 5.74) is 2.12. The van der Waals surface area contributed by atoms with Crippen LogP contribution in [0.1, 0.15) is 5.56 Å². The van der Waals surface area contributed by atoms with Crippen molar-refractivity contribution in [1.29, 1.82) is 0 Å². The van der Waals surface area contributed by atoms with E-state index in [2.05, 4.69) is 46.0 Å². The molecule has 0 spiro atoms. The van der Waals surface area contributed by atoms with Crippen LogP contribution in [-0.2, 0) is 6.54 Å². The minimum atomic E-state index is 0.433. The third-order valence-electron chi connectivity index (χ3n) is 3.06. The maximum absolute atomic E-state index is 5.21. The number of aromatic nitrogens is 2. The molecular formula is C16H15N3OS. The summed E-state index contributed by atoms with van der Waals surface area (Å²) in [5, 5.41) is 7.12. The smallest absolute Gasteiger partial charge is 0.322 e. The molecule has 0 saturated carbocycles. The molecule has 0 aliphatic heterocycles. The highest BCUT2D eigenvalue weighted by Crippen LogP contribution is 2.18. The van der Waals surface area contributed by atoms with Crippen molar-refractivity contribution in [1.82, 2.24) is 10.1 Å². The van der Waals surface area contributed by atoms with Crippen molar-refractivity contribution >= 4 is 17.8 Å². The van der Waals surface area contributed by atoms with Crippen molar-refractivity contribution in [2.75, 3.05) is 11.6 Å². The van der Waals surface area contributed by atoms with E-state index in [0.717, 1.165) is 5.56 Å². The van der Waals surface area contributed by atoms with Gasteiger partial charge in [-0.25, -0.2) is 0 Å². The van der Waals surface area contributed by atoms with Crippen LogP contribution in [0.15, 0.2) is 64.0 Å². The summed E-state index contributed by atoms with van der Waals surface area (Å²) in [6.07, 6.45) is 2.07. The first-order chi connectivity index (χ1) is 10.3. The minimum absolute atomic E-state index is 0.433. The molecule has 0 bridgehead atoms. The van der Waals surface area contributed by atoms with Gasteiger partial charge in [0, 0.05) is 17.0 Å². The zero-order valence-corrected chi connectivity index (χ0v) is 12.4. The molecule has 0 atom stereocenters. The van der Waals surface area contributed by atoms with Crippen LogP contribution >= 0.6 is 11.8 Å². The second-order valence-electron chi connectivity index (χ2n) is 4.49. The maximum Gasteiger partial charge on any atom is 0.322 e. The predicted octanol–water partition coefficient (Wildman–Crippen LogP) is 4.07. The fourth-order valence-electron chi connectivity index (χ4n) is 1.92. The Morgan fingerprint density at radius 3 is 2.52 bits per heavy atom. The van der Waals surface area contributed by atoms with Crippen LogP contribution in [0, 0.1) is 0 Å². The number of hydrogen-bond donors (Lipinski definition) is 1. The van der Waals surface area contributed by atoms with Gasteiger partial charge in [0.1, 0.15) is 0 Å². The van der Waals surface area contributed by atoms with E-state index >= 15 is 0 Å². The Morgan fingerprint density at radius 1 is 1.05 bits per heavy atom. The molecule has 0 amide bonds. The Morgan fingerprint density at radius 2 is 1.81 bits per heavy atom. The second kappa shape index (κ2) is 6.45. The fourth-order valence-corrected chi connectivity index (χ4v) is 2.33. The summed E-state index contributed by atoms with van der Waals surface area (Å²) in [7, 11) is 0. The van der Waals surface area contributed by atoms with Crippen molar-refractivity contribution in [3.8, 4) is 11.4 Å². The standard InChI is InChI=1S/C16H15N3OS/c1-21-14-9-7-12(8-10-14)11-17-16-18-15(19-20-16)13-5-3-2-4-6-13/h2-10H,11H2,1H3,(H,17,18,19). The van der Waals surface area contributed by atoms with Crippen molar-refractivity contribution in [2.24, 2.45) is 0 Å². The van der Waals surface area contributed by atoms with E-state index in [1.807, 2.05) is 30.3 Å². The maximum atomic E-state index is 5.21. The molecule has 5 heteroatoms. The molecule has 1 N–H and O–H groups in total. The molecule has 0 aliphatic carbocycles. The first kappa shape index (κ1) is 13.7. The van der Waals surface area contributed by atoms with Gasteiger partial charge in [-0.2, -0.15) is 4.98 Å². The molecule has 3 rings (SSSR count). The van der Waals surface area contributed by atoms with Gasteiger partial charge in [0.05, 0.1) is 0 Å². The number of nitrogens with one attached hydrogen (secondary N) is 1. The molecule has 0 unspecified atom stereocenters. The van der Waals surface area contributed by atoms with Crippen molar-refractivity contribution in [3.05, 3.63) is 60.2 Å². The third kappa shape index (κ3) is 3.44. The van der Waals surface area contributed by atoms with Crippen molar-refractivity contribution in [3.63, 3.8) is 0 Å². The lowest BCUT2D eigenvalue weighted by atomic mass is 10.2. The molecule has 21 heavy (non-hydrogen) atoms. The van der Waals surface area contributed by atoms with E-state index in [9.17, 15) is 0 Å². The first-order valence-corrected chi connectivity index (χ1v) is 7.83. The molecule has 1 heterocycles. The van der Waals surface area contributed by atoms with Crippen LogP contribution in [0.5, 0.6) is 0 Å². The van der Waals surface area contributed by atoms with Crippen LogP contribution in [0.3, 0.4) is 0 Å². The van der Waals surface area contributed by atoms with Gasteiger partial charge in [0.25, 0.3) is 0 Å². The summed E-state index contributed by atoms with van der Waals surface area (Å²) >= 11 is 1.73. The Kier molecular flexibility index (Phi) is 4.21. The summed E-state index contributed by atoms with van der Waals surface area (Å²) in [6, 6.07) is 18.6. The highest BCUT2D eigenvalue weighted by molar-refractivity contribution is 7.98. The molecule has 0 fully saturated rings. The lowest BCUT2D eigenvalue weighted by Gasteiger charge is -2.02. The lowest BCUT2D eigenvalue weighted by Crippen LogP contribution is -1.99. The topological polar surface area (TPSA) is 51.0 Å². The average Bonchev–Trinajstić information content (AvgIpc) is 3.03. The Balaban J connectivity index is 1.64. The molecule has 0 aliphatic rings. The van der Waals surface area contributed by atoms with Crippen LogP contribution < -0.4 is 5.32 Å². The average molecular weight is 297 g/mol. The summed E-state index contributed by atoms with van der Waals surface area (Å²) < 4.78 is 5.21. The normalized spacial score (nSPS) is 10.5. The van der Waals surface area contributed by atoms with Gasteiger partial charge < -0.3 is 9.84 Å². The third-order valence-corrected chi connectivity index (χ3v) is 3.80. The van der Waals surface area contributed by atoms with Gasteiger partial charge >= 0.3 is 6.01 Å². The summed E-state index contributed by atoms with van der Waals surface area (Å²) in [4.78, 5) is 5.59. The number of benzene rings is 2. The van der Waals surface area contributed by atoms with Gasteiger partial charge in [0.2, 0.25) is 5.82 Å². The molecule has 106 valence electrons. The number of hydrogen-bond acceptors (Lipinski definition) is 5. The number of thioether (sulfide) groups is 1. The fraction of sp³-hybridized carbons (Fsp3) is 0.125. The van der Waals surface area contributed by atoms with Crippen molar-refractivity contribution in [2.45, 2.75) is 11.4 Å². The van der Waals surface area contributed by atoms with Gasteiger partial charge in [-0.1, -0.05) is 47.6 Å². The Bertz CT molecular complexity index is 695. The zero-order chi connectivity index (χ0) is 14.5. The molecule has 0 radical (unpaired) electrons. The first-order valence-electron chi connectivity index (χ1n) is 6.61. The highest BCUT2D eigenvalue weighted by Gasteiger charge is 2.07. The lowest BCUT2D eigenvalue weighted by molar-refractivity contribution is 0.432. The van der Waals surface area contributed by atoms with Gasteiger partial charge in [0.15, 0.2) is 0 Å².